The molecular weight excluding hydrogens is 150 g/mol. The third-order valence-electron chi connectivity index (χ3n) is 1.29. The Morgan fingerprint density at radius 1 is 1.78 bits per heavy atom. The van der Waals surface area contributed by atoms with E-state index in [1.807, 2.05) is 0 Å². The molecular formula is C4H5F2O2S-. The van der Waals surface area contributed by atoms with Gasteiger partial charge in [-0.15, -0.1) is 0 Å². The predicted molar refractivity (Wildman–Crippen MR) is 26.8 cm³/mol. The van der Waals surface area contributed by atoms with Crippen LogP contribution in [0.5, 0.6) is 0 Å². The molecule has 0 N–H and O–H groups in total. The highest BCUT2D eigenvalue weighted by atomic mass is 32.2. The molecule has 1 aliphatic rings. The van der Waals surface area contributed by atoms with Gasteiger partial charge >= 0.3 is 0 Å². The number of rotatable bonds is 2. The molecule has 1 rings (SSSR count). The van der Waals surface area contributed by atoms with Crippen molar-refractivity contribution in [3.63, 3.8) is 0 Å². The Kier molecular flexibility index (Phi) is 1.56. The van der Waals surface area contributed by atoms with Crippen molar-refractivity contribution in [1.29, 1.82) is 0 Å². The van der Waals surface area contributed by atoms with Crippen LogP contribution in [0.4, 0.5) is 8.78 Å². The Bertz CT molecular complexity index is 148. The molecule has 2 nitrogen and oxygen atoms in total. The molecule has 1 fully saturated rings. The minimum Gasteiger partial charge on any atom is -0.772 e. The molecule has 54 valence electrons. The van der Waals surface area contributed by atoms with Crippen LogP contribution in [0, 0.1) is 5.92 Å². The fraction of sp³-hybridized carbons (Fsp3) is 1.00. The van der Waals surface area contributed by atoms with Crippen molar-refractivity contribution in [3.05, 3.63) is 0 Å². The maximum absolute atomic E-state index is 11.9. The molecule has 0 aromatic carbocycles. The summed E-state index contributed by atoms with van der Waals surface area (Å²) in [6.45, 7) is 0. The minimum atomic E-state index is -2.69. The Labute approximate surface area is 53.5 Å². The number of hydrogen-bond acceptors (Lipinski definition) is 2. The average Bonchev–Trinajstić information content (AvgIpc) is 2.10. The van der Waals surface area contributed by atoms with E-state index in [4.69, 9.17) is 0 Å². The summed E-state index contributed by atoms with van der Waals surface area (Å²) in [5.41, 5.74) is 0. The molecule has 1 saturated carbocycles. The highest BCUT2D eigenvalue weighted by Crippen LogP contribution is 2.48. The summed E-state index contributed by atoms with van der Waals surface area (Å²) < 4.78 is 43.4. The first-order valence-electron chi connectivity index (χ1n) is 2.46. The molecule has 5 heteroatoms. The maximum Gasteiger partial charge on any atom is 0.252 e. The first-order chi connectivity index (χ1) is 4.02. The number of hydrogen-bond donors (Lipinski definition) is 0. The lowest BCUT2D eigenvalue weighted by atomic mass is 10.5. The lowest BCUT2D eigenvalue weighted by Gasteiger charge is -2.01. The van der Waals surface area contributed by atoms with E-state index in [9.17, 15) is 17.5 Å². The molecule has 2 unspecified atom stereocenters. The van der Waals surface area contributed by atoms with E-state index in [-0.39, 0.29) is 6.42 Å². The molecule has 0 saturated heterocycles. The van der Waals surface area contributed by atoms with Gasteiger partial charge in [0.15, 0.2) is 0 Å². The Morgan fingerprint density at radius 3 is 2.33 bits per heavy atom. The van der Waals surface area contributed by atoms with Crippen LogP contribution in [-0.4, -0.2) is 20.4 Å². The van der Waals surface area contributed by atoms with Gasteiger partial charge in [-0.2, -0.15) is 0 Å². The van der Waals surface area contributed by atoms with E-state index in [0.717, 1.165) is 0 Å². The fourth-order valence-corrected chi connectivity index (χ4v) is 1.30. The molecule has 0 aliphatic heterocycles. The smallest absolute Gasteiger partial charge is 0.252 e. The molecule has 1 aliphatic carbocycles. The standard InChI is InChI=1S/C4H6F2O2S/c5-4(6)1-3(4)2-9(7)8/h3H,1-2H2,(H,7,8)/p-1. The SMILES string of the molecule is O=S([O-])CC1CC1(F)F. The predicted octanol–water partition coefficient (Wildman–Crippen LogP) is 0.521. The van der Waals surface area contributed by atoms with Crippen molar-refractivity contribution < 1.29 is 17.5 Å². The van der Waals surface area contributed by atoms with E-state index in [0.29, 0.717) is 0 Å². The van der Waals surface area contributed by atoms with Crippen LogP contribution >= 0.6 is 0 Å². The average molecular weight is 155 g/mol. The van der Waals surface area contributed by atoms with Crippen LogP contribution in [-0.2, 0) is 11.1 Å². The zero-order valence-electron chi connectivity index (χ0n) is 4.47. The van der Waals surface area contributed by atoms with E-state index >= 15 is 0 Å². The molecule has 9 heavy (non-hydrogen) atoms. The minimum absolute atomic E-state index is 0.263. The monoisotopic (exact) mass is 155 g/mol. The Morgan fingerprint density at radius 2 is 2.22 bits per heavy atom. The number of halogens is 2. The Balaban J connectivity index is 2.28. The quantitative estimate of drug-likeness (QED) is 0.545. The molecule has 0 spiro atoms. The molecule has 0 aromatic rings. The van der Waals surface area contributed by atoms with Gasteiger partial charge in [0.25, 0.3) is 5.92 Å². The third-order valence-corrected chi connectivity index (χ3v) is 1.97. The normalized spacial score (nSPS) is 33.9. The van der Waals surface area contributed by atoms with Gasteiger partial charge in [0.1, 0.15) is 0 Å². The largest absolute Gasteiger partial charge is 0.772 e. The zero-order valence-corrected chi connectivity index (χ0v) is 5.29. The molecule has 0 amide bonds. The molecule has 0 aromatic heterocycles. The third kappa shape index (κ3) is 1.69. The van der Waals surface area contributed by atoms with Crippen LogP contribution in [0.2, 0.25) is 0 Å². The van der Waals surface area contributed by atoms with Crippen molar-refractivity contribution in [2.75, 3.05) is 5.75 Å². The fourth-order valence-electron chi connectivity index (χ4n) is 0.615. The summed E-state index contributed by atoms with van der Waals surface area (Å²) in [6, 6.07) is 0. The van der Waals surface area contributed by atoms with Gasteiger partial charge in [-0.1, -0.05) is 11.1 Å². The van der Waals surface area contributed by atoms with Gasteiger partial charge in [-0.05, 0) is 0 Å². The van der Waals surface area contributed by atoms with Gasteiger partial charge in [0.2, 0.25) is 0 Å². The van der Waals surface area contributed by atoms with Gasteiger partial charge in [-0.3, -0.25) is 4.21 Å². The summed E-state index contributed by atoms with van der Waals surface area (Å²) >= 11 is -2.31. The topological polar surface area (TPSA) is 40.1 Å². The van der Waals surface area contributed by atoms with Crippen molar-refractivity contribution in [2.45, 2.75) is 12.3 Å². The van der Waals surface area contributed by atoms with Crippen molar-refractivity contribution in [1.82, 2.24) is 0 Å². The first-order valence-corrected chi connectivity index (χ1v) is 3.70. The van der Waals surface area contributed by atoms with Crippen LogP contribution in [0.15, 0.2) is 0 Å². The molecule has 2 atom stereocenters. The van der Waals surface area contributed by atoms with Crippen molar-refractivity contribution in [3.8, 4) is 0 Å². The lowest BCUT2D eigenvalue weighted by molar-refractivity contribution is 0.103. The zero-order chi connectivity index (χ0) is 7.07. The summed E-state index contributed by atoms with van der Waals surface area (Å²) in [6.07, 6.45) is -0.263. The maximum atomic E-state index is 11.9. The molecule has 0 heterocycles. The van der Waals surface area contributed by atoms with E-state index < -0.39 is 28.7 Å². The van der Waals surface area contributed by atoms with E-state index in [1.165, 1.54) is 0 Å². The molecule has 0 bridgehead atoms. The second-order valence-electron chi connectivity index (χ2n) is 2.13. The highest BCUT2D eigenvalue weighted by molar-refractivity contribution is 7.79. The van der Waals surface area contributed by atoms with Crippen LogP contribution in [0.25, 0.3) is 0 Å². The number of alkyl halides is 2. The van der Waals surface area contributed by atoms with Crippen LogP contribution in [0.3, 0.4) is 0 Å². The summed E-state index contributed by atoms with van der Waals surface area (Å²) in [7, 11) is 0. The summed E-state index contributed by atoms with van der Waals surface area (Å²) in [5.74, 6) is -4.00. The van der Waals surface area contributed by atoms with Gasteiger partial charge in [0.05, 0.1) is 0 Å². The lowest BCUT2D eigenvalue weighted by Crippen LogP contribution is -2.03. The van der Waals surface area contributed by atoms with Crippen LogP contribution < -0.4 is 0 Å². The first kappa shape index (κ1) is 7.08. The van der Waals surface area contributed by atoms with Gasteiger partial charge in [-0.25, -0.2) is 8.78 Å². The van der Waals surface area contributed by atoms with Crippen LogP contribution in [0.1, 0.15) is 6.42 Å². The second-order valence-corrected chi connectivity index (χ2v) is 3.07. The Hall–Kier alpha value is -0.0300. The van der Waals surface area contributed by atoms with Gasteiger partial charge < -0.3 is 4.55 Å². The van der Waals surface area contributed by atoms with E-state index in [1.54, 1.807) is 0 Å². The second kappa shape index (κ2) is 1.98. The highest BCUT2D eigenvalue weighted by Gasteiger charge is 2.56. The summed E-state index contributed by atoms with van der Waals surface area (Å²) in [5, 5.41) is 0. The van der Waals surface area contributed by atoms with Crippen molar-refractivity contribution >= 4 is 11.1 Å². The van der Waals surface area contributed by atoms with Gasteiger partial charge in [0, 0.05) is 18.1 Å². The van der Waals surface area contributed by atoms with Crippen molar-refractivity contribution in [2.24, 2.45) is 5.92 Å². The van der Waals surface area contributed by atoms with E-state index in [2.05, 4.69) is 0 Å². The summed E-state index contributed by atoms with van der Waals surface area (Å²) in [4.78, 5) is 0. The molecule has 0 radical (unpaired) electrons.